The molecule has 0 heterocycles. The summed E-state index contributed by atoms with van der Waals surface area (Å²) in [5, 5.41) is 9.17. The summed E-state index contributed by atoms with van der Waals surface area (Å²) in [5.41, 5.74) is 0.372. The van der Waals surface area contributed by atoms with E-state index in [0.717, 1.165) is 0 Å². The van der Waals surface area contributed by atoms with Crippen molar-refractivity contribution in [2.24, 2.45) is 0 Å². The number of aromatic carboxylic acids is 1. The molecule has 2 aromatic carbocycles. The highest BCUT2D eigenvalue weighted by molar-refractivity contribution is 6.34. The Morgan fingerprint density at radius 1 is 0.944 bits per heavy atom. The smallest absolute Gasteiger partial charge is 0.337 e. The largest absolute Gasteiger partial charge is 0.478 e. The van der Waals surface area contributed by atoms with Gasteiger partial charge in [-0.25, -0.2) is 4.79 Å². The maximum atomic E-state index is 12.2. The minimum absolute atomic E-state index is 0.0595. The molecule has 0 atom stereocenters. The van der Waals surface area contributed by atoms with Gasteiger partial charge in [0.1, 0.15) is 0 Å². The van der Waals surface area contributed by atoms with Crippen molar-refractivity contribution in [1.29, 1.82) is 0 Å². The summed E-state index contributed by atoms with van der Waals surface area (Å²) in [5.74, 6) is -1.56. The van der Waals surface area contributed by atoms with Crippen molar-refractivity contribution >= 4 is 23.4 Å². The molecule has 1 N–H and O–H groups in total. The van der Waals surface area contributed by atoms with Crippen molar-refractivity contribution in [3.8, 4) is 0 Å². The molecular formula is C14H9ClO3. The van der Waals surface area contributed by atoms with Crippen LogP contribution < -0.4 is 0 Å². The predicted octanol–water partition coefficient (Wildman–Crippen LogP) is 3.27. The molecule has 2 aromatic rings. The predicted molar refractivity (Wildman–Crippen MR) is 68.3 cm³/mol. The molecule has 0 bridgehead atoms. The van der Waals surface area contributed by atoms with E-state index < -0.39 is 5.97 Å². The summed E-state index contributed by atoms with van der Waals surface area (Å²) < 4.78 is 0. The van der Waals surface area contributed by atoms with Gasteiger partial charge in [-0.3, -0.25) is 4.79 Å². The zero-order valence-electron chi connectivity index (χ0n) is 9.26. The molecule has 0 aromatic heterocycles. The molecule has 0 unspecified atom stereocenters. The summed E-state index contributed by atoms with van der Waals surface area (Å²) in [6.07, 6.45) is 0. The van der Waals surface area contributed by atoms with E-state index in [-0.39, 0.29) is 21.9 Å². The van der Waals surface area contributed by atoms with E-state index in [4.69, 9.17) is 16.7 Å². The summed E-state index contributed by atoms with van der Waals surface area (Å²) in [4.78, 5) is 23.3. The molecule has 0 fully saturated rings. The fourth-order valence-corrected chi connectivity index (χ4v) is 1.93. The van der Waals surface area contributed by atoms with Gasteiger partial charge < -0.3 is 5.11 Å². The molecule has 0 aliphatic heterocycles. The van der Waals surface area contributed by atoms with Crippen molar-refractivity contribution in [3.05, 3.63) is 70.2 Å². The number of hydrogen-bond donors (Lipinski definition) is 1. The Kier molecular flexibility index (Phi) is 3.44. The maximum absolute atomic E-state index is 12.2. The second kappa shape index (κ2) is 5.02. The molecule has 0 aliphatic rings. The minimum Gasteiger partial charge on any atom is -0.478 e. The number of rotatable bonds is 3. The number of ketones is 1. The van der Waals surface area contributed by atoms with Crippen LogP contribution in [0.25, 0.3) is 0 Å². The van der Waals surface area contributed by atoms with Gasteiger partial charge in [0, 0.05) is 11.1 Å². The van der Waals surface area contributed by atoms with Gasteiger partial charge in [0.2, 0.25) is 0 Å². The second-order valence-electron chi connectivity index (χ2n) is 3.66. The Hall–Kier alpha value is -2.13. The lowest BCUT2D eigenvalue weighted by atomic mass is 9.98. The normalized spacial score (nSPS) is 10.1. The van der Waals surface area contributed by atoms with E-state index in [1.54, 1.807) is 36.4 Å². The Bertz CT molecular complexity index is 606. The quantitative estimate of drug-likeness (QED) is 0.862. The van der Waals surface area contributed by atoms with Crippen LogP contribution in [0.3, 0.4) is 0 Å². The molecule has 3 nitrogen and oxygen atoms in total. The standard InChI is InChI=1S/C14H9ClO3/c15-11-8-4-7-10(12(11)14(17)18)13(16)9-5-2-1-3-6-9/h1-8H,(H,17,18). The Morgan fingerprint density at radius 2 is 1.61 bits per heavy atom. The van der Waals surface area contributed by atoms with E-state index in [1.165, 1.54) is 12.1 Å². The van der Waals surface area contributed by atoms with E-state index in [2.05, 4.69) is 0 Å². The van der Waals surface area contributed by atoms with Crippen LogP contribution in [-0.2, 0) is 0 Å². The number of carbonyl (C=O) groups excluding carboxylic acids is 1. The monoisotopic (exact) mass is 260 g/mol. The molecule has 0 radical (unpaired) electrons. The van der Waals surface area contributed by atoms with Crippen molar-refractivity contribution in [1.82, 2.24) is 0 Å². The van der Waals surface area contributed by atoms with Crippen LogP contribution in [0.4, 0.5) is 0 Å². The first-order valence-electron chi connectivity index (χ1n) is 5.23. The fourth-order valence-electron chi connectivity index (χ4n) is 1.68. The summed E-state index contributed by atoms with van der Waals surface area (Å²) in [6, 6.07) is 13.0. The average Bonchev–Trinajstić information content (AvgIpc) is 2.38. The van der Waals surface area contributed by atoms with E-state index >= 15 is 0 Å². The van der Waals surface area contributed by atoms with Gasteiger partial charge in [-0.05, 0) is 6.07 Å². The van der Waals surface area contributed by atoms with E-state index in [1.807, 2.05) is 0 Å². The number of hydrogen-bond acceptors (Lipinski definition) is 2. The van der Waals surface area contributed by atoms with Crippen LogP contribution in [-0.4, -0.2) is 16.9 Å². The lowest BCUT2D eigenvalue weighted by Crippen LogP contribution is -2.10. The zero-order chi connectivity index (χ0) is 13.1. The molecule has 0 spiro atoms. The van der Waals surface area contributed by atoms with Crippen molar-refractivity contribution < 1.29 is 14.7 Å². The van der Waals surface area contributed by atoms with Crippen LogP contribution in [0.5, 0.6) is 0 Å². The van der Waals surface area contributed by atoms with Crippen LogP contribution in [0.15, 0.2) is 48.5 Å². The molecule has 18 heavy (non-hydrogen) atoms. The van der Waals surface area contributed by atoms with Crippen LogP contribution in [0.2, 0.25) is 5.02 Å². The Balaban J connectivity index is 2.56. The maximum Gasteiger partial charge on any atom is 0.337 e. The topological polar surface area (TPSA) is 54.4 Å². The summed E-state index contributed by atoms with van der Waals surface area (Å²) in [6.45, 7) is 0. The molecule has 0 aliphatic carbocycles. The Labute approximate surface area is 109 Å². The third-order valence-electron chi connectivity index (χ3n) is 2.51. The first-order valence-corrected chi connectivity index (χ1v) is 5.60. The third-order valence-corrected chi connectivity index (χ3v) is 2.82. The zero-order valence-corrected chi connectivity index (χ0v) is 10.0. The van der Waals surface area contributed by atoms with E-state index in [9.17, 15) is 9.59 Å². The van der Waals surface area contributed by atoms with Crippen molar-refractivity contribution in [3.63, 3.8) is 0 Å². The summed E-state index contributed by atoms with van der Waals surface area (Å²) in [7, 11) is 0. The van der Waals surface area contributed by atoms with Crippen LogP contribution in [0.1, 0.15) is 26.3 Å². The Morgan fingerprint density at radius 3 is 2.22 bits per heavy atom. The van der Waals surface area contributed by atoms with Gasteiger partial charge in [-0.1, -0.05) is 54.1 Å². The number of carboxylic acid groups (broad SMARTS) is 1. The number of carboxylic acids is 1. The number of benzene rings is 2. The van der Waals surface area contributed by atoms with Crippen LogP contribution in [0, 0.1) is 0 Å². The lowest BCUT2D eigenvalue weighted by Gasteiger charge is -2.06. The van der Waals surface area contributed by atoms with Gasteiger partial charge in [-0.15, -0.1) is 0 Å². The van der Waals surface area contributed by atoms with Gasteiger partial charge >= 0.3 is 5.97 Å². The summed E-state index contributed by atoms with van der Waals surface area (Å²) >= 11 is 5.82. The number of carbonyl (C=O) groups is 2. The third kappa shape index (κ3) is 2.26. The van der Waals surface area contributed by atoms with Crippen LogP contribution >= 0.6 is 11.6 Å². The molecule has 0 amide bonds. The van der Waals surface area contributed by atoms with Crippen molar-refractivity contribution in [2.75, 3.05) is 0 Å². The van der Waals surface area contributed by atoms with Gasteiger partial charge in [0.25, 0.3) is 0 Å². The second-order valence-corrected chi connectivity index (χ2v) is 4.07. The molecular weight excluding hydrogens is 252 g/mol. The highest BCUT2D eigenvalue weighted by atomic mass is 35.5. The molecule has 4 heteroatoms. The SMILES string of the molecule is O=C(c1ccccc1)c1cccc(Cl)c1C(=O)O. The van der Waals surface area contributed by atoms with Crippen molar-refractivity contribution in [2.45, 2.75) is 0 Å². The molecule has 0 saturated carbocycles. The number of halogens is 1. The average molecular weight is 261 g/mol. The minimum atomic E-state index is -1.21. The molecule has 2 rings (SSSR count). The molecule has 0 saturated heterocycles. The highest BCUT2D eigenvalue weighted by Gasteiger charge is 2.20. The van der Waals surface area contributed by atoms with Gasteiger partial charge in [0.15, 0.2) is 5.78 Å². The lowest BCUT2D eigenvalue weighted by molar-refractivity contribution is 0.0693. The van der Waals surface area contributed by atoms with E-state index in [0.29, 0.717) is 5.56 Å². The first-order chi connectivity index (χ1) is 8.61. The molecule has 90 valence electrons. The highest BCUT2D eigenvalue weighted by Crippen LogP contribution is 2.22. The van der Waals surface area contributed by atoms with Gasteiger partial charge in [-0.2, -0.15) is 0 Å². The first kappa shape index (κ1) is 12.3. The fraction of sp³-hybridized carbons (Fsp3) is 0. The van der Waals surface area contributed by atoms with Gasteiger partial charge in [0.05, 0.1) is 10.6 Å².